The highest BCUT2D eigenvalue weighted by Crippen LogP contribution is 2.20. The number of benzene rings is 1. The van der Waals surface area contributed by atoms with Crippen LogP contribution in [-0.4, -0.2) is 47.1 Å². The number of thioether (sulfide) groups is 1. The summed E-state index contributed by atoms with van der Waals surface area (Å²) in [6.45, 7) is 0. The smallest absolute Gasteiger partial charge is 0.265 e. The second-order valence-corrected chi connectivity index (χ2v) is 5.59. The molecule has 0 N–H and O–H groups in total. The maximum Gasteiger partial charge on any atom is 0.265 e. The first-order chi connectivity index (χ1) is 9.45. The summed E-state index contributed by atoms with van der Waals surface area (Å²) in [5.74, 6) is -0.737. The molecule has 1 aromatic carbocycles. The van der Waals surface area contributed by atoms with Crippen LogP contribution in [0.25, 0.3) is 6.08 Å². The highest BCUT2D eigenvalue weighted by atomic mass is 32.2. The highest BCUT2D eigenvalue weighted by molar-refractivity contribution is 7.98. The third-order valence-corrected chi connectivity index (χ3v) is 4.36. The van der Waals surface area contributed by atoms with Gasteiger partial charge in [-0.1, -0.05) is 12.1 Å². The average molecular weight is 306 g/mol. The molecule has 1 aliphatic heterocycles. The Labute approximate surface area is 127 Å². The highest BCUT2D eigenvalue weighted by Gasteiger charge is 2.35. The van der Waals surface area contributed by atoms with Crippen molar-refractivity contribution in [1.82, 2.24) is 9.80 Å². The first-order valence-electron chi connectivity index (χ1n) is 5.91. The fraction of sp³-hybridized carbons (Fsp3) is 0.214. The predicted molar refractivity (Wildman–Crippen MR) is 84.3 cm³/mol. The molecule has 0 saturated carbocycles. The molecule has 6 heteroatoms. The van der Waals surface area contributed by atoms with Gasteiger partial charge in [0, 0.05) is 19.0 Å². The van der Waals surface area contributed by atoms with Crippen molar-refractivity contribution in [3.8, 4) is 0 Å². The van der Waals surface area contributed by atoms with E-state index in [1.54, 1.807) is 31.9 Å². The number of hydrogen-bond acceptors (Lipinski definition) is 4. The first kappa shape index (κ1) is 14.7. The monoisotopic (exact) mass is 306 g/mol. The van der Waals surface area contributed by atoms with Crippen molar-refractivity contribution in [2.24, 2.45) is 0 Å². The van der Waals surface area contributed by atoms with E-state index < -0.39 is 0 Å². The standard InChI is InChI=1S/C14H14N2O2S2/c1-15-12(17)11(13(18)16(2)14(15)19)8-9-4-6-10(20-3)7-5-9/h4-8H,1-3H3. The molecule has 0 radical (unpaired) electrons. The fourth-order valence-corrected chi connectivity index (χ4v) is 2.42. The van der Waals surface area contributed by atoms with Gasteiger partial charge in [-0.2, -0.15) is 0 Å². The van der Waals surface area contributed by atoms with Gasteiger partial charge in [-0.15, -0.1) is 11.8 Å². The lowest BCUT2D eigenvalue weighted by atomic mass is 10.1. The van der Waals surface area contributed by atoms with E-state index in [9.17, 15) is 9.59 Å². The van der Waals surface area contributed by atoms with Crippen molar-refractivity contribution in [3.05, 3.63) is 35.4 Å². The third kappa shape index (κ3) is 2.62. The summed E-state index contributed by atoms with van der Waals surface area (Å²) in [5.41, 5.74) is 0.939. The number of hydrogen-bond donors (Lipinski definition) is 0. The number of carbonyl (C=O) groups is 2. The van der Waals surface area contributed by atoms with Crippen LogP contribution >= 0.6 is 24.0 Å². The molecule has 0 spiro atoms. The number of rotatable bonds is 2. The van der Waals surface area contributed by atoms with E-state index in [4.69, 9.17) is 12.2 Å². The van der Waals surface area contributed by atoms with E-state index >= 15 is 0 Å². The van der Waals surface area contributed by atoms with Crippen LogP contribution in [0.4, 0.5) is 0 Å². The Hall–Kier alpha value is -1.66. The van der Waals surface area contributed by atoms with Crippen LogP contribution in [0.15, 0.2) is 34.7 Å². The number of thiocarbonyl (C=S) groups is 1. The Balaban J connectivity index is 2.38. The molecule has 0 aliphatic carbocycles. The first-order valence-corrected chi connectivity index (χ1v) is 7.55. The van der Waals surface area contributed by atoms with Crippen LogP contribution in [-0.2, 0) is 9.59 Å². The molecule has 0 atom stereocenters. The summed E-state index contributed by atoms with van der Waals surface area (Å²) >= 11 is 6.67. The molecule has 4 nitrogen and oxygen atoms in total. The van der Waals surface area contributed by atoms with Gasteiger partial charge in [0.05, 0.1) is 0 Å². The summed E-state index contributed by atoms with van der Waals surface area (Å²) in [7, 11) is 3.14. The number of amides is 2. The van der Waals surface area contributed by atoms with Gasteiger partial charge in [-0.3, -0.25) is 19.4 Å². The van der Waals surface area contributed by atoms with Crippen molar-refractivity contribution in [3.63, 3.8) is 0 Å². The lowest BCUT2D eigenvalue weighted by Gasteiger charge is -2.31. The largest absolute Gasteiger partial charge is 0.288 e. The third-order valence-electron chi connectivity index (χ3n) is 3.07. The van der Waals surface area contributed by atoms with Gasteiger partial charge in [0.25, 0.3) is 11.8 Å². The minimum Gasteiger partial charge on any atom is -0.288 e. The quantitative estimate of drug-likeness (QED) is 0.363. The van der Waals surface area contributed by atoms with Gasteiger partial charge in [0.15, 0.2) is 5.11 Å². The molecule has 1 heterocycles. The van der Waals surface area contributed by atoms with Gasteiger partial charge in [0.1, 0.15) is 5.57 Å². The molecule has 104 valence electrons. The summed E-state index contributed by atoms with van der Waals surface area (Å²) in [6, 6.07) is 7.67. The molecule has 20 heavy (non-hydrogen) atoms. The molecule has 1 aromatic rings. The number of nitrogens with zero attached hydrogens (tertiary/aromatic N) is 2. The molecule has 0 aromatic heterocycles. The number of likely N-dealkylation sites (N-methyl/N-ethyl adjacent to an activating group) is 2. The Kier molecular flexibility index (Phi) is 4.25. The van der Waals surface area contributed by atoms with E-state index in [0.717, 1.165) is 10.5 Å². The van der Waals surface area contributed by atoms with Crippen molar-refractivity contribution >= 4 is 47.0 Å². The minimum atomic E-state index is -0.368. The van der Waals surface area contributed by atoms with E-state index in [-0.39, 0.29) is 22.5 Å². The normalized spacial score (nSPS) is 15.9. The van der Waals surface area contributed by atoms with Gasteiger partial charge in [0.2, 0.25) is 0 Å². The summed E-state index contributed by atoms with van der Waals surface area (Å²) in [4.78, 5) is 28.0. The van der Waals surface area contributed by atoms with E-state index in [1.165, 1.54) is 9.80 Å². The molecular formula is C14H14N2O2S2. The molecule has 2 rings (SSSR count). The van der Waals surface area contributed by atoms with E-state index in [0.29, 0.717) is 0 Å². The zero-order valence-corrected chi connectivity index (χ0v) is 13.0. The maximum absolute atomic E-state index is 12.1. The molecular weight excluding hydrogens is 292 g/mol. The van der Waals surface area contributed by atoms with Gasteiger partial charge < -0.3 is 0 Å². The second-order valence-electron chi connectivity index (χ2n) is 4.34. The Morgan fingerprint density at radius 2 is 1.55 bits per heavy atom. The molecule has 1 saturated heterocycles. The van der Waals surface area contributed by atoms with Crippen molar-refractivity contribution in [2.75, 3.05) is 20.4 Å². The van der Waals surface area contributed by atoms with Crippen molar-refractivity contribution in [1.29, 1.82) is 0 Å². The van der Waals surface area contributed by atoms with Gasteiger partial charge >= 0.3 is 0 Å². The number of carbonyl (C=O) groups excluding carboxylic acids is 2. The van der Waals surface area contributed by atoms with Crippen LogP contribution < -0.4 is 0 Å². The Morgan fingerprint density at radius 3 is 2.00 bits per heavy atom. The van der Waals surface area contributed by atoms with E-state index in [1.807, 2.05) is 30.5 Å². The second kappa shape index (κ2) is 5.76. The van der Waals surface area contributed by atoms with Crippen LogP contribution in [0.5, 0.6) is 0 Å². The van der Waals surface area contributed by atoms with Crippen LogP contribution in [0.3, 0.4) is 0 Å². The fourth-order valence-electron chi connectivity index (χ4n) is 1.84. The molecule has 2 amide bonds. The molecule has 0 unspecified atom stereocenters. The molecule has 1 aliphatic rings. The Bertz CT molecular complexity index is 582. The van der Waals surface area contributed by atoms with Crippen molar-refractivity contribution in [2.45, 2.75) is 4.90 Å². The van der Waals surface area contributed by atoms with E-state index in [2.05, 4.69) is 0 Å². The van der Waals surface area contributed by atoms with Gasteiger partial charge in [-0.05, 0) is 42.2 Å². The minimum absolute atomic E-state index is 0.125. The lowest BCUT2D eigenvalue weighted by molar-refractivity contribution is -0.132. The maximum atomic E-state index is 12.1. The lowest BCUT2D eigenvalue weighted by Crippen LogP contribution is -2.52. The van der Waals surface area contributed by atoms with Crippen LogP contribution in [0, 0.1) is 0 Å². The van der Waals surface area contributed by atoms with Crippen molar-refractivity contribution < 1.29 is 9.59 Å². The van der Waals surface area contributed by atoms with Crippen LogP contribution in [0.2, 0.25) is 0 Å². The molecule has 1 fully saturated rings. The average Bonchev–Trinajstić information content (AvgIpc) is 2.48. The zero-order chi connectivity index (χ0) is 14.9. The Morgan fingerprint density at radius 1 is 1.05 bits per heavy atom. The molecule has 0 bridgehead atoms. The zero-order valence-electron chi connectivity index (χ0n) is 11.4. The topological polar surface area (TPSA) is 40.6 Å². The summed E-state index contributed by atoms with van der Waals surface area (Å²) in [6.07, 6.45) is 3.59. The van der Waals surface area contributed by atoms with Gasteiger partial charge in [-0.25, -0.2) is 0 Å². The summed E-state index contributed by atoms with van der Waals surface area (Å²) < 4.78 is 0. The summed E-state index contributed by atoms with van der Waals surface area (Å²) in [5, 5.41) is 0.217. The SMILES string of the molecule is CSc1ccc(C=C2C(=O)N(C)C(=S)N(C)C2=O)cc1. The predicted octanol–water partition coefficient (Wildman–Crippen LogP) is 2.01. The van der Waals surface area contributed by atoms with Crippen LogP contribution in [0.1, 0.15) is 5.56 Å².